The van der Waals surface area contributed by atoms with E-state index in [0.717, 1.165) is 60.4 Å². The van der Waals surface area contributed by atoms with E-state index in [-0.39, 0.29) is 0 Å². The first kappa shape index (κ1) is 22.2. The first-order valence-electron chi connectivity index (χ1n) is 9.62. The number of alkyl halides is 4. The zero-order valence-corrected chi connectivity index (χ0v) is 18.7. The molecule has 0 radical (unpaired) electrons. The molecular weight excluding hydrogens is 406 g/mol. The van der Waals surface area contributed by atoms with Crippen LogP contribution in [0.2, 0.25) is 0 Å². The van der Waals surface area contributed by atoms with Crippen LogP contribution in [0, 0.1) is 0 Å². The summed E-state index contributed by atoms with van der Waals surface area (Å²) in [5, 5.41) is 2.14. The molecule has 0 N–H and O–H groups in total. The predicted octanol–water partition coefficient (Wildman–Crippen LogP) is 9.26. The molecule has 0 heterocycles. The molecule has 0 unspecified atom stereocenters. The minimum absolute atomic E-state index is 0.684. The van der Waals surface area contributed by atoms with Crippen LogP contribution in [0.3, 0.4) is 0 Å². The summed E-state index contributed by atoms with van der Waals surface area (Å²) in [6.07, 6.45) is 7.78. The van der Waals surface area contributed by atoms with Crippen LogP contribution >= 0.6 is 46.4 Å². The average molecular weight is 434 g/mol. The molecule has 0 spiro atoms. The van der Waals surface area contributed by atoms with E-state index >= 15 is 0 Å². The number of halogens is 4. The Balaban J connectivity index is 2.52. The molecule has 0 nitrogen and oxygen atoms in total. The first-order valence-corrected chi connectivity index (χ1v) is 11.1. The average Bonchev–Trinajstić information content (AvgIpc) is 2.61. The van der Waals surface area contributed by atoms with Crippen molar-refractivity contribution in [3.8, 4) is 0 Å². The van der Waals surface area contributed by atoms with Gasteiger partial charge < -0.3 is 0 Å². The highest BCUT2D eigenvalue weighted by Gasteiger charge is 2.37. The van der Waals surface area contributed by atoms with E-state index in [1.807, 2.05) is 18.2 Å². The van der Waals surface area contributed by atoms with Crippen molar-refractivity contribution in [2.24, 2.45) is 0 Å². The van der Waals surface area contributed by atoms with Crippen LogP contribution in [-0.2, 0) is 8.67 Å². The number of hydrogen-bond acceptors (Lipinski definition) is 0. The molecule has 0 aromatic heterocycles. The van der Waals surface area contributed by atoms with Gasteiger partial charge in [-0.3, -0.25) is 0 Å². The number of benzene rings is 2. The summed E-state index contributed by atoms with van der Waals surface area (Å²) in [6, 6.07) is 12.2. The van der Waals surface area contributed by atoms with Crippen LogP contribution in [0.1, 0.15) is 76.3 Å². The highest BCUT2D eigenvalue weighted by molar-refractivity contribution is 6.50. The van der Waals surface area contributed by atoms with Gasteiger partial charge in [-0.15, -0.1) is 0 Å². The van der Waals surface area contributed by atoms with E-state index in [9.17, 15) is 0 Å². The lowest BCUT2D eigenvalue weighted by atomic mass is 9.90. The lowest BCUT2D eigenvalue weighted by Crippen LogP contribution is -2.21. The van der Waals surface area contributed by atoms with Crippen LogP contribution < -0.4 is 0 Å². The molecule has 144 valence electrons. The van der Waals surface area contributed by atoms with E-state index in [1.54, 1.807) is 0 Å². The summed E-state index contributed by atoms with van der Waals surface area (Å²) in [4.78, 5) is 0. The van der Waals surface area contributed by atoms with Crippen molar-refractivity contribution in [2.75, 3.05) is 0 Å². The van der Waals surface area contributed by atoms with Gasteiger partial charge in [-0.2, -0.15) is 0 Å². The molecule has 4 heteroatoms. The minimum Gasteiger partial charge on any atom is -0.0963 e. The van der Waals surface area contributed by atoms with Crippen LogP contribution in [-0.4, -0.2) is 0 Å². The molecule has 0 aliphatic carbocycles. The SMILES string of the molecule is CCCCCC(Cl)(Cl)c1ccc2ccccc2c1C(Cl)(Cl)CCCCC. The van der Waals surface area contributed by atoms with Crippen molar-refractivity contribution in [1.29, 1.82) is 0 Å². The van der Waals surface area contributed by atoms with Crippen molar-refractivity contribution >= 4 is 57.2 Å². The first-order chi connectivity index (χ1) is 12.3. The van der Waals surface area contributed by atoms with Crippen molar-refractivity contribution < 1.29 is 0 Å². The smallest absolute Gasteiger partial charge is 0.0963 e. The van der Waals surface area contributed by atoms with E-state index in [1.165, 1.54) is 0 Å². The van der Waals surface area contributed by atoms with Gasteiger partial charge in [0, 0.05) is 5.56 Å². The molecule has 0 atom stereocenters. The maximum absolute atomic E-state index is 6.90. The molecule has 26 heavy (non-hydrogen) atoms. The fraction of sp³-hybridized carbons (Fsp3) is 0.545. The van der Waals surface area contributed by atoms with Crippen LogP contribution in [0.25, 0.3) is 10.8 Å². The van der Waals surface area contributed by atoms with E-state index in [4.69, 9.17) is 46.4 Å². The van der Waals surface area contributed by atoms with Crippen molar-refractivity contribution in [2.45, 2.75) is 73.9 Å². The number of fused-ring (bicyclic) bond motifs is 1. The predicted molar refractivity (Wildman–Crippen MR) is 119 cm³/mol. The summed E-state index contributed by atoms with van der Waals surface area (Å²) in [5.41, 5.74) is 1.72. The minimum atomic E-state index is -1.01. The second kappa shape index (κ2) is 9.87. The lowest BCUT2D eigenvalue weighted by molar-refractivity contribution is 0.602. The van der Waals surface area contributed by atoms with Crippen molar-refractivity contribution in [1.82, 2.24) is 0 Å². The monoisotopic (exact) mass is 432 g/mol. The third kappa shape index (κ3) is 5.44. The van der Waals surface area contributed by atoms with Gasteiger partial charge in [0.15, 0.2) is 0 Å². The normalized spacial score (nSPS) is 12.7. The molecule has 0 amide bonds. The van der Waals surface area contributed by atoms with Crippen LogP contribution in [0.15, 0.2) is 36.4 Å². The molecule has 0 aliphatic heterocycles. The Morgan fingerprint density at radius 3 is 1.88 bits per heavy atom. The fourth-order valence-electron chi connectivity index (χ4n) is 3.42. The van der Waals surface area contributed by atoms with Gasteiger partial charge in [-0.25, -0.2) is 0 Å². The molecule has 0 aliphatic rings. The number of unbranched alkanes of at least 4 members (excludes halogenated alkanes) is 4. The van der Waals surface area contributed by atoms with Gasteiger partial charge in [-0.1, -0.05) is 135 Å². The summed E-state index contributed by atoms with van der Waals surface area (Å²) >= 11 is 27.4. The van der Waals surface area contributed by atoms with Crippen LogP contribution in [0.5, 0.6) is 0 Å². The van der Waals surface area contributed by atoms with Gasteiger partial charge >= 0.3 is 0 Å². The Kier molecular flexibility index (Phi) is 8.41. The third-order valence-electron chi connectivity index (χ3n) is 4.88. The van der Waals surface area contributed by atoms with Gasteiger partial charge in [0.25, 0.3) is 0 Å². The lowest BCUT2D eigenvalue weighted by Gasteiger charge is -2.30. The molecule has 0 saturated heterocycles. The van der Waals surface area contributed by atoms with Gasteiger partial charge in [0.05, 0.1) is 0 Å². The maximum atomic E-state index is 6.90. The second-order valence-corrected chi connectivity index (χ2v) is 10.0. The maximum Gasteiger partial charge on any atom is 0.144 e. The standard InChI is InChI=1S/C22H28Cl4/c1-3-5-9-15-21(23,24)19-14-13-17-11-7-8-12-18(17)20(19)22(25,26)16-10-6-4-2/h7-8,11-14H,3-6,9-10,15-16H2,1-2H3. The van der Waals surface area contributed by atoms with Crippen LogP contribution in [0.4, 0.5) is 0 Å². The molecule has 2 aromatic rings. The highest BCUT2D eigenvalue weighted by Crippen LogP contribution is 2.50. The molecule has 0 bridgehead atoms. The van der Waals surface area contributed by atoms with E-state index in [2.05, 4.69) is 32.0 Å². The fourth-order valence-corrected chi connectivity index (χ4v) is 4.68. The second-order valence-electron chi connectivity index (χ2n) is 7.03. The van der Waals surface area contributed by atoms with Crippen molar-refractivity contribution in [3.05, 3.63) is 47.5 Å². The Bertz CT molecular complexity index is 706. The summed E-state index contributed by atoms with van der Waals surface area (Å²) in [7, 11) is 0. The zero-order chi connectivity index (χ0) is 19.2. The molecular formula is C22H28Cl4. The number of rotatable bonds is 10. The van der Waals surface area contributed by atoms with Gasteiger partial charge in [0.1, 0.15) is 8.67 Å². The van der Waals surface area contributed by atoms with E-state index < -0.39 is 8.67 Å². The highest BCUT2D eigenvalue weighted by atomic mass is 35.5. The van der Waals surface area contributed by atoms with Gasteiger partial charge in [-0.05, 0) is 29.2 Å². The third-order valence-corrected chi connectivity index (χ3v) is 6.42. The zero-order valence-electron chi connectivity index (χ0n) is 15.6. The van der Waals surface area contributed by atoms with Gasteiger partial charge in [0.2, 0.25) is 0 Å². The summed E-state index contributed by atoms with van der Waals surface area (Å²) in [5.74, 6) is 0. The Hall–Kier alpha value is -0.140. The molecule has 2 aromatic carbocycles. The molecule has 2 rings (SSSR count). The van der Waals surface area contributed by atoms with Crippen molar-refractivity contribution in [3.63, 3.8) is 0 Å². The van der Waals surface area contributed by atoms with E-state index in [0.29, 0.717) is 12.8 Å². The Morgan fingerprint density at radius 1 is 0.692 bits per heavy atom. The topological polar surface area (TPSA) is 0 Å². The largest absolute Gasteiger partial charge is 0.144 e. The Morgan fingerprint density at radius 2 is 1.27 bits per heavy atom. The molecule has 0 saturated carbocycles. The summed E-state index contributed by atoms with van der Waals surface area (Å²) in [6.45, 7) is 4.34. The Labute approximate surface area is 178 Å². The quantitative estimate of drug-likeness (QED) is 0.258. The summed E-state index contributed by atoms with van der Waals surface area (Å²) < 4.78 is -2.00. The number of hydrogen-bond donors (Lipinski definition) is 0. The molecule has 0 fully saturated rings.